The van der Waals surface area contributed by atoms with Crippen molar-refractivity contribution in [1.82, 2.24) is 10.6 Å². The summed E-state index contributed by atoms with van der Waals surface area (Å²) >= 11 is 0. The molecule has 0 fully saturated rings. The van der Waals surface area contributed by atoms with Gasteiger partial charge in [-0.1, -0.05) is 115 Å². The summed E-state index contributed by atoms with van der Waals surface area (Å²) < 4.78 is 5.37. The molecular weight excluding hydrogens is 516 g/mol. The Bertz CT molecular complexity index is 1390. The number of aryl methyl sites for hydroxylation is 1. The standard InChI is InChI=1S/C34H34N2O5/c37-23-32(38)30(21-18-25-10-4-1-5-11-25)35-33(39)31(36-34(40)41-24-27-12-6-2-7-13-27)22-26-16-19-29(20-17-26)28-14-8-3-9-15-28/h1-17,19-20,30-31,37H,18,21-24H2,(H,35,39)(H,36,40). The normalized spacial score (nSPS) is 12.1. The first-order valence-corrected chi connectivity index (χ1v) is 13.6. The van der Waals surface area contributed by atoms with Crippen LogP contribution in [0.25, 0.3) is 11.1 Å². The van der Waals surface area contributed by atoms with Gasteiger partial charge in [-0.15, -0.1) is 0 Å². The Hall–Kier alpha value is -4.75. The molecule has 7 heteroatoms. The molecule has 4 rings (SSSR count). The molecule has 0 aliphatic heterocycles. The van der Waals surface area contributed by atoms with Crippen molar-refractivity contribution >= 4 is 17.8 Å². The second-order valence-corrected chi connectivity index (χ2v) is 9.74. The molecular formula is C34H34N2O5. The van der Waals surface area contributed by atoms with Crippen molar-refractivity contribution in [2.24, 2.45) is 0 Å². The second-order valence-electron chi connectivity index (χ2n) is 9.74. The van der Waals surface area contributed by atoms with Crippen LogP contribution in [0.4, 0.5) is 4.79 Å². The second kappa shape index (κ2) is 15.1. The van der Waals surface area contributed by atoms with Gasteiger partial charge in [-0.2, -0.15) is 0 Å². The minimum absolute atomic E-state index is 0.0511. The van der Waals surface area contributed by atoms with Gasteiger partial charge in [0.25, 0.3) is 0 Å². The number of benzene rings is 4. The van der Waals surface area contributed by atoms with Crippen LogP contribution in [0.5, 0.6) is 0 Å². The summed E-state index contributed by atoms with van der Waals surface area (Å²) in [5.41, 5.74) is 4.74. The fourth-order valence-electron chi connectivity index (χ4n) is 4.47. The van der Waals surface area contributed by atoms with Crippen molar-refractivity contribution in [2.45, 2.75) is 38.0 Å². The molecule has 2 unspecified atom stereocenters. The molecule has 210 valence electrons. The van der Waals surface area contributed by atoms with Crippen LogP contribution in [0.15, 0.2) is 115 Å². The number of ether oxygens (including phenoxy) is 1. The highest BCUT2D eigenvalue weighted by Gasteiger charge is 2.27. The SMILES string of the molecule is O=C(NC(Cc1ccc(-c2ccccc2)cc1)C(=O)NC(CCc1ccccc1)C(=O)CO)OCc1ccccc1. The molecule has 0 aromatic heterocycles. The number of aliphatic hydroxyl groups is 1. The Morgan fingerprint density at radius 3 is 1.80 bits per heavy atom. The third-order valence-electron chi connectivity index (χ3n) is 6.75. The minimum atomic E-state index is -1.01. The molecule has 0 heterocycles. The fourth-order valence-corrected chi connectivity index (χ4v) is 4.47. The zero-order chi connectivity index (χ0) is 28.9. The van der Waals surface area contributed by atoms with Gasteiger partial charge in [0, 0.05) is 6.42 Å². The zero-order valence-corrected chi connectivity index (χ0v) is 22.7. The van der Waals surface area contributed by atoms with E-state index in [2.05, 4.69) is 10.6 Å². The van der Waals surface area contributed by atoms with E-state index < -0.39 is 36.5 Å². The summed E-state index contributed by atoms with van der Waals surface area (Å²) in [5.74, 6) is -1.03. The third kappa shape index (κ3) is 9.15. The molecule has 3 N–H and O–H groups in total. The number of aliphatic hydroxyl groups excluding tert-OH is 1. The van der Waals surface area contributed by atoms with Gasteiger partial charge in [-0.25, -0.2) is 4.79 Å². The first-order valence-electron chi connectivity index (χ1n) is 13.6. The Morgan fingerprint density at radius 1 is 0.634 bits per heavy atom. The molecule has 7 nitrogen and oxygen atoms in total. The lowest BCUT2D eigenvalue weighted by Gasteiger charge is -2.23. The van der Waals surface area contributed by atoms with E-state index in [1.807, 2.05) is 115 Å². The third-order valence-corrected chi connectivity index (χ3v) is 6.75. The van der Waals surface area contributed by atoms with Crippen molar-refractivity contribution in [2.75, 3.05) is 6.61 Å². The lowest BCUT2D eigenvalue weighted by atomic mass is 9.99. The van der Waals surface area contributed by atoms with Gasteiger partial charge in [0.05, 0.1) is 6.04 Å². The Morgan fingerprint density at radius 2 is 1.20 bits per heavy atom. The average molecular weight is 551 g/mol. The molecule has 0 bridgehead atoms. The van der Waals surface area contributed by atoms with E-state index in [4.69, 9.17) is 4.74 Å². The van der Waals surface area contributed by atoms with E-state index >= 15 is 0 Å². The van der Waals surface area contributed by atoms with Gasteiger partial charge in [0.2, 0.25) is 5.91 Å². The molecule has 41 heavy (non-hydrogen) atoms. The predicted molar refractivity (Wildman–Crippen MR) is 158 cm³/mol. The van der Waals surface area contributed by atoms with Gasteiger partial charge < -0.3 is 20.5 Å². The summed E-state index contributed by atoms with van der Waals surface area (Å²) in [6.07, 6.45) is 0.284. The van der Waals surface area contributed by atoms with E-state index in [0.29, 0.717) is 12.8 Å². The number of nitrogens with one attached hydrogen (secondary N) is 2. The maximum atomic E-state index is 13.5. The summed E-state index contributed by atoms with van der Waals surface area (Å²) in [6.45, 7) is -0.645. The van der Waals surface area contributed by atoms with E-state index in [1.54, 1.807) is 0 Å². The predicted octanol–water partition coefficient (Wildman–Crippen LogP) is 4.87. The highest BCUT2D eigenvalue weighted by Crippen LogP contribution is 2.20. The molecule has 0 aliphatic carbocycles. The van der Waals surface area contributed by atoms with Gasteiger partial charge in [0.1, 0.15) is 19.3 Å². The first kappa shape index (κ1) is 29.2. The Balaban J connectivity index is 1.47. The van der Waals surface area contributed by atoms with Gasteiger partial charge in [-0.05, 0) is 40.7 Å². The molecule has 0 saturated heterocycles. The average Bonchev–Trinajstić information content (AvgIpc) is 3.03. The molecule has 2 atom stereocenters. The minimum Gasteiger partial charge on any atom is -0.445 e. The van der Waals surface area contributed by atoms with Crippen LogP contribution in [0, 0.1) is 0 Å². The monoisotopic (exact) mass is 550 g/mol. The Labute approximate surface area is 240 Å². The van der Waals surface area contributed by atoms with Crippen molar-refractivity contribution in [3.8, 4) is 11.1 Å². The number of amides is 2. The molecule has 2 amide bonds. The van der Waals surface area contributed by atoms with Crippen LogP contribution in [0.3, 0.4) is 0 Å². The topological polar surface area (TPSA) is 105 Å². The summed E-state index contributed by atoms with van der Waals surface area (Å²) in [4.78, 5) is 38.7. The Kier molecular flexibility index (Phi) is 10.8. The molecule has 0 saturated carbocycles. The number of hydrogen-bond donors (Lipinski definition) is 3. The number of carbonyl (C=O) groups is 3. The van der Waals surface area contributed by atoms with Crippen LogP contribution in [-0.2, 0) is 33.8 Å². The zero-order valence-electron chi connectivity index (χ0n) is 22.7. The highest BCUT2D eigenvalue weighted by molar-refractivity contribution is 5.92. The molecule has 0 spiro atoms. The number of hydrogen-bond acceptors (Lipinski definition) is 5. The largest absolute Gasteiger partial charge is 0.445 e. The molecule has 4 aromatic carbocycles. The van der Waals surface area contributed by atoms with E-state index in [-0.39, 0.29) is 13.0 Å². The van der Waals surface area contributed by atoms with E-state index in [0.717, 1.165) is 27.8 Å². The summed E-state index contributed by atoms with van der Waals surface area (Å²) in [5, 5.41) is 15.0. The number of rotatable bonds is 13. The fraction of sp³-hybridized carbons (Fsp3) is 0.206. The van der Waals surface area contributed by atoms with Crippen LogP contribution in [-0.4, -0.2) is 41.6 Å². The number of alkyl carbamates (subject to hydrolysis) is 1. The number of carbonyl (C=O) groups excluding carboxylic acids is 3. The van der Waals surface area contributed by atoms with Crippen LogP contribution in [0.1, 0.15) is 23.1 Å². The van der Waals surface area contributed by atoms with Gasteiger partial charge in [-0.3, -0.25) is 9.59 Å². The van der Waals surface area contributed by atoms with E-state index in [1.165, 1.54) is 0 Å². The van der Waals surface area contributed by atoms with Crippen molar-refractivity contribution < 1.29 is 24.2 Å². The van der Waals surface area contributed by atoms with Crippen LogP contribution < -0.4 is 10.6 Å². The van der Waals surface area contributed by atoms with Gasteiger partial charge >= 0.3 is 6.09 Å². The van der Waals surface area contributed by atoms with Crippen LogP contribution in [0.2, 0.25) is 0 Å². The van der Waals surface area contributed by atoms with E-state index in [9.17, 15) is 19.5 Å². The smallest absolute Gasteiger partial charge is 0.408 e. The maximum absolute atomic E-state index is 13.5. The number of ketones is 1. The van der Waals surface area contributed by atoms with Crippen molar-refractivity contribution in [1.29, 1.82) is 0 Å². The molecule has 0 radical (unpaired) electrons. The molecule has 4 aromatic rings. The van der Waals surface area contributed by atoms with Gasteiger partial charge in [0.15, 0.2) is 5.78 Å². The summed E-state index contributed by atoms with van der Waals surface area (Å²) in [7, 11) is 0. The molecule has 0 aliphatic rings. The summed E-state index contributed by atoms with van der Waals surface area (Å²) in [6, 6.07) is 34.6. The van der Waals surface area contributed by atoms with Crippen molar-refractivity contribution in [3.63, 3.8) is 0 Å². The lowest BCUT2D eigenvalue weighted by Crippen LogP contribution is -2.53. The maximum Gasteiger partial charge on any atom is 0.408 e. The van der Waals surface area contributed by atoms with Crippen molar-refractivity contribution in [3.05, 3.63) is 132 Å². The van der Waals surface area contributed by atoms with Crippen LogP contribution >= 0.6 is 0 Å². The lowest BCUT2D eigenvalue weighted by molar-refractivity contribution is -0.130. The highest BCUT2D eigenvalue weighted by atomic mass is 16.5. The first-order chi connectivity index (χ1) is 20.0. The quantitative estimate of drug-likeness (QED) is 0.220. The number of Topliss-reactive ketones (excluding diaryl/α,β-unsaturated/α-hetero) is 1.